The van der Waals surface area contributed by atoms with Crippen molar-refractivity contribution < 1.29 is 4.79 Å². The monoisotopic (exact) mass is 415 g/mol. The van der Waals surface area contributed by atoms with Gasteiger partial charge in [0, 0.05) is 17.6 Å². The lowest BCUT2D eigenvalue weighted by atomic mass is 10.2. The van der Waals surface area contributed by atoms with Crippen LogP contribution >= 0.6 is 23.4 Å². The molecule has 0 bridgehead atoms. The summed E-state index contributed by atoms with van der Waals surface area (Å²) in [6.07, 6.45) is 0.802. The molecule has 0 spiro atoms. The van der Waals surface area contributed by atoms with Gasteiger partial charge in [-0.1, -0.05) is 54.6 Å². The van der Waals surface area contributed by atoms with E-state index >= 15 is 0 Å². The molecule has 1 aromatic heterocycles. The lowest BCUT2D eigenvalue weighted by Crippen LogP contribution is -2.28. The number of fused-ring (bicyclic) bond motifs is 1. The number of nitrogens with one attached hydrogen (secondary N) is 1. The zero-order chi connectivity index (χ0) is 20.1. The number of carbonyl (C=O) groups excluding carboxylic acids is 1. The Morgan fingerprint density at radius 1 is 1.21 bits per heavy atom. The van der Waals surface area contributed by atoms with E-state index in [2.05, 4.69) is 10.3 Å². The van der Waals surface area contributed by atoms with Gasteiger partial charge in [0.05, 0.1) is 16.7 Å². The minimum Gasteiger partial charge on any atom is -0.351 e. The summed E-state index contributed by atoms with van der Waals surface area (Å²) in [5.41, 5.74) is 1.56. The van der Waals surface area contributed by atoms with E-state index in [4.69, 9.17) is 11.6 Å². The van der Waals surface area contributed by atoms with E-state index in [0.717, 1.165) is 12.0 Å². The molecule has 146 valence electrons. The number of thioether (sulfide) groups is 1. The van der Waals surface area contributed by atoms with Crippen LogP contribution in [0.25, 0.3) is 10.9 Å². The highest BCUT2D eigenvalue weighted by molar-refractivity contribution is 7.99. The Labute approximate surface area is 173 Å². The van der Waals surface area contributed by atoms with Gasteiger partial charge in [0.2, 0.25) is 5.91 Å². The molecule has 0 saturated carbocycles. The van der Waals surface area contributed by atoms with Crippen molar-refractivity contribution in [1.29, 1.82) is 0 Å². The molecule has 0 fully saturated rings. The van der Waals surface area contributed by atoms with Crippen molar-refractivity contribution in [3.63, 3.8) is 0 Å². The van der Waals surface area contributed by atoms with E-state index in [1.165, 1.54) is 11.8 Å². The first-order valence-electron chi connectivity index (χ1n) is 9.14. The molecule has 0 aliphatic carbocycles. The van der Waals surface area contributed by atoms with E-state index in [1.807, 2.05) is 44.2 Å². The van der Waals surface area contributed by atoms with Gasteiger partial charge in [-0.25, -0.2) is 4.98 Å². The van der Waals surface area contributed by atoms with Gasteiger partial charge in [-0.15, -0.1) is 0 Å². The molecule has 1 atom stereocenters. The standard InChI is InChI=1S/C21H22ClN3O2S/c1-3-14(2)25-20(27)17-6-4-5-7-18(17)24-21(25)28-13-19(26)23-12-15-8-10-16(22)11-9-15/h4-11,14H,3,12-13H2,1-2H3,(H,23,26)/t14-/m0/s1. The van der Waals surface area contributed by atoms with Crippen molar-refractivity contribution in [1.82, 2.24) is 14.9 Å². The van der Waals surface area contributed by atoms with Gasteiger partial charge >= 0.3 is 0 Å². The van der Waals surface area contributed by atoms with Crippen LogP contribution in [0.4, 0.5) is 0 Å². The molecule has 1 heterocycles. The fourth-order valence-electron chi connectivity index (χ4n) is 2.78. The summed E-state index contributed by atoms with van der Waals surface area (Å²) in [7, 11) is 0. The lowest BCUT2D eigenvalue weighted by molar-refractivity contribution is -0.118. The highest BCUT2D eigenvalue weighted by atomic mass is 35.5. The summed E-state index contributed by atoms with van der Waals surface area (Å²) in [4.78, 5) is 29.8. The van der Waals surface area contributed by atoms with Crippen LogP contribution in [0.15, 0.2) is 58.5 Å². The Kier molecular flexibility index (Phi) is 6.75. The first-order chi connectivity index (χ1) is 13.5. The van der Waals surface area contributed by atoms with Crippen LogP contribution in [-0.4, -0.2) is 21.2 Å². The van der Waals surface area contributed by atoms with Crippen LogP contribution < -0.4 is 10.9 Å². The number of rotatable bonds is 7. The first-order valence-corrected chi connectivity index (χ1v) is 10.5. The number of hydrogen-bond acceptors (Lipinski definition) is 4. The van der Waals surface area contributed by atoms with Gasteiger partial charge in [0.1, 0.15) is 0 Å². The molecular formula is C21H22ClN3O2S. The maximum absolute atomic E-state index is 12.9. The van der Waals surface area contributed by atoms with Crippen molar-refractivity contribution in [2.75, 3.05) is 5.75 Å². The van der Waals surface area contributed by atoms with Gasteiger partial charge in [-0.05, 0) is 43.2 Å². The van der Waals surface area contributed by atoms with E-state index in [1.54, 1.807) is 22.8 Å². The number of nitrogens with zero attached hydrogens (tertiary/aromatic N) is 2. The molecule has 28 heavy (non-hydrogen) atoms. The van der Waals surface area contributed by atoms with Gasteiger partial charge < -0.3 is 5.32 Å². The quantitative estimate of drug-likeness (QED) is 0.458. The largest absolute Gasteiger partial charge is 0.351 e. The predicted octanol–water partition coefficient (Wildman–Crippen LogP) is 4.43. The topological polar surface area (TPSA) is 64.0 Å². The average Bonchev–Trinajstić information content (AvgIpc) is 2.71. The highest BCUT2D eigenvalue weighted by Crippen LogP contribution is 2.22. The Hall–Kier alpha value is -2.31. The SMILES string of the molecule is CC[C@H](C)n1c(SCC(=O)NCc2ccc(Cl)cc2)nc2ccccc2c1=O. The molecule has 0 unspecified atom stereocenters. The summed E-state index contributed by atoms with van der Waals surface area (Å²) in [6, 6.07) is 14.6. The number of benzene rings is 2. The molecule has 3 rings (SSSR count). The van der Waals surface area contributed by atoms with Crippen LogP contribution in [0.1, 0.15) is 31.9 Å². The van der Waals surface area contributed by atoms with Crippen molar-refractivity contribution >= 4 is 40.2 Å². The molecule has 0 aliphatic rings. The fraction of sp³-hybridized carbons (Fsp3) is 0.286. The van der Waals surface area contributed by atoms with E-state index < -0.39 is 0 Å². The van der Waals surface area contributed by atoms with Crippen molar-refractivity contribution in [2.24, 2.45) is 0 Å². The van der Waals surface area contributed by atoms with Crippen LogP contribution in [-0.2, 0) is 11.3 Å². The molecule has 7 heteroatoms. The van der Waals surface area contributed by atoms with Crippen LogP contribution in [0, 0.1) is 0 Å². The fourth-order valence-corrected chi connectivity index (χ4v) is 3.84. The lowest BCUT2D eigenvalue weighted by Gasteiger charge is -2.18. The van der Waals surface area contributed by atoms with E-state index in [-0.39, 0.29) is 23.3 Å². The summed E-state index contributed by atoms with van der Waals surface area (Å²) in [5.74, 6) is 0.0764. The van der Waals surface area contributed by atoms with Gasteiger partial charge in [0.15, 0.2) is 5.16 Å². The molecule has 0 aliphatic heterocycles. The van der Waals surface area contributed by atoms with E-state index in [9.17, 15) is 9.59 Å². The van der Waals surface area contributed by atoms with Crippen LogP contribution in [0.5, 0.6) is 0 Å². The van der Waals surface area contributed by atoms with Crippen molar-refractivity contribution in [3.8, 4) is 0 Å². The normalized spacial score (nSPS) is 12.1. The molecule has 3 aromatic rings. The molecule has 0 saturated heterocycles. The number of para-hydroxylation sites is 1. The van der Waals surface area contributed by atoms with Gasteiger partial charge in [-0.3, -0.25) is 14.2 Å². The third kappa shape index (κ3) is 4.75. The average molecular weight is 416 g/mol. The van der Waals surface area contributed by atoms with E-state index in [0.29, 0.717) is 27.6 Å². The Morgan fingerprint density at radius 2 is 1.93 bits per heavy atom. The van der Waals surface area contributed by atoms with Crippen molar-refractivity contribution in [3.05, 3.63) is 69.5 Å². The van der Waals surface area contributed by atoms with Crippen molar-refractivity contribution in [2.45, 2.75) is 38.0 Å². The molecule has 1 N–H and O–H groups in total. The zero-order valence-electron chi connectivity index (χ0n) is 15.8. The highest BCUT2D eigenvalue weighted by Gasteiger charge is 2.16. The number of aromatic nitrogens is 2. The third-order valence-corrected chi connectivity index (χ3v) is 5.75. The molecule has 1 amide bonds. The number of amides is 1. The number of carbonyl (C=O) groups is 1. The summed E-state index contributed by atoms with van der Waals surface area (Å²) >= 11 is 7.16. The molecule has 0 radical (unpaired) electrons. The minimum atomic E-state index is -0.113. The number of hydrogen-bond donors (Lipinski definition) is 1. The summed E-state index contributed by atoms with van der Waals surface area (Å²) in [6.45, 7) is 4.45. The maximum Gasteiger partial charge on any atom is 0.262 e. The second kappa shape index (κ2) is 9.26. The third-order valence-electron chi connectivity index (χ3n) is 4.54. The Bertz CT molecular complexity index is 1030. The maximum atomic E-state index is 12.9. The molecular weight excluding hydrogens is 394 g/mol. The predicted molar refractivity (Wildman–Crippen MR) is 115 cm³/mol. The Balaban J connectivity index is 1.74. The smallest absolute Gasteiger partial charge is 0.262 e. The summed E-state index contributed by atoms with van der Waals surface area (Å²) < 4.78 is 1.69. The van der Waals surface area contributed by atoms with Gasteiger partial charge in [-0.2, -0.15) is 0 Å². The summed E-state index contributed by atoms with van der Waals surface area (Å²) in [5, 5.41) is 4.71. The van der Waals surface area contributed by atoms with Crippen LogP contribution in [0.3, 0.4) is 0 Å². The first kappa shape index (κ1) is 20.4. The second-order valence-corrected chi connectivity index (χ2v) is 7.91. The minimum absolute atomic E-state index is 0.00392. The number of halogens is 1. The zero-order valence-corrected chi connectivity index (χ0v) is 17.4. The molecule has 2 aromatic carbocycles. The van der Waals surface area contributed by atoms with Gasteiger partial charge in [0.25, 0.3) is 5.56 Å². The second-order valence-electron chi connectivity index (χ2n) is 6.54. The Morgan fingerprint density at radius 3 is 2.64 bits per heavy atom. The van der Waals surface area contributed by atoms with Crippen LogP contribution in [0.2, 0.25) is 5.02 Å². The molecule has 5 nitrogen and oxygen atoms in total.